The summed E-state index contributed by atoms with van der Waals surface area (Å²) in [7, 11) is -1.70. The predicted molar refractivity (Wildman–Crippen MR) is 62.4 cm³/mol. The normalized spacial score (nSPS) is 28.2. The number of hydrogen-bond donors (Lipinski definition) is 2. The molecule has 2 atom stereocenters. The Balaban J connectivity index is 2.47. The van der Waals surface area contributed by atoms with Gasteiger partial charge in [0, 0.05) is 32.8 Å². The molecule has 1 aliphatic rings. The van der Waals surface area contributed by atoms with Crippen LogP contribution in [-0.2, 0) is 14.8 Å². The van der Waals surface area contributed by atoms with Crippen molar-refractivity contribution in [3.63, 3.8) is 0 Å². The molecule has 0 aromatic carbocycles. The van der Waals surface area contributed by atoms with Gasteiger partial charge in [-0.15, -0.1) is 0 Å². The molecule has 0 spiro atoms. The van der Waals surface area contributed by atoms with Crippen LogP contribution in [0.2, 0.25) is 0 Å². The van der Waals surface area contributed by atoms with Gasteiger partial charge >= 0.3 is 0 Å². The number of likely N-dealkylation sites (tertiary alicyclic amines) is 1. The highest BCUT2D eigenvalue weighted by molar-refractivity contribution is 7.89. The van der Waals surface area contributed by atoms with Gasteiger partial charge < -0.3 is 10.5 Å². The Kier molecular flexibility index (Phi) is 5.13. The number of nitrogens with zero attached hydrogens (tertiary/aromatic N) is 1. The Morgan fingerprint density at radius 2 is 2.19 bits per heavy atom. The second-order valence-electron chi connectivity index (χ2n) is 4.17. The molecular formula is C9H21N3O3S. The lowest BCUT2D eigenvalue weighted by Gasteiger charge is -2.38. The number of methoxy groups -OCH3 is 1. The van der Waals surface area contributed by atoms with Gasteiger partial charge in [-0.3, -0.25) is 4.90 Å². The van der Waals surface area contributed by atoms with Gasteiger partial charge in [-0.1, -0.05) is 0 Å². The fourth-order valence-corrected chi connectivity index (χ4v) is 2.55. The summed E-state index contributed by atoms with van der Waals surface area (Å²) in [5.74, 6) is -0.0127. The molecule has 1 heterocycles. The van der Waals surface area contributed by atoms with E-state index >= 15 is 0 Å². The van der Waals surface area contributed by atoms with Gasteiger partial charge in [-0.2, -0.15) is 0 Å². The zero-order chi connectivity index (χ0) is 12.2. The number of primary sulfonamides is 1. The second kappa shape index (κ2) is 5.92. The third kappa shape index (κ3) is 4.34. The molecule has 0 aromatic heterocycles. The third-order valence-electron chi connectivity index (χ3n) is 3.06. The van der Waals surface area contributed by atoms with Crippen molar-refractivity contribution in [3.05, 3.63) is 0 Å². The molecule has 0 aromatic rings. The standard InChI is InChI=1S/C9H21N3O3S/c1-15-9-2-3-12(8(6-9)7-10)4-5-16(11,13)14/h8-9H,2-7,10H2,1H3,(H2,11,13,14). The lowest BCUT2D eigenvalue weighted by atomic mass is 9.99. The zero-order valence-electron chi connectivity index (χ0n) is 9.63. The van der Waals surface area contributed by atoms with Crippen LogP contribution in [0.15, 0.2) is 0 Å². The number of sulfonamides is 1. The Morgan fingerprint density at radius 1 is 1.50 bits per heavy atom. The van der Waals surface area contributed by atoms with Crippen molar-refractivity contribution in [2.75, 3.05) is 32.5 Å². The first-order chi connectivity index (χ1) is 7.46. The van der Waals surface area contributed by atoms with Crippen LogP contribution in [0.3, 0.4) is 0 Å². The van der Waals surface area contributed by atoms with Crippen LogP contribution in [0.1, 0.15) is 12.8 Å². The third-order valence-corrected chi connectivity index (χ3v) is 3.81. The molecule has 1 aliphatic heterocycles. The second-order valence-corrected chi connectivity index (χ2v) is 5.91. The summed E-state index contributed by atoms with van der Waals surface area (Å²) in [6, 6.07) is 0.195. The van der Waals surface area contributed by atoms with Crippen LogP contribution in [-0.4, -0.2) is 58.0 Å². The molecular weight excluding hydrogens is 230 g/mol. The number of ether oxygens (including phenoxy) is 1. The van der Waals surface area contributed by atoms with Crippen molar-refractivity contribution in [1.82, 2.24) is 4.90 Å². The molecule has 0 saturated carbocycles. The molecule has 0 aliphatic carbocycles. The predicted octanol–water partition coefficient (Wildman–Crippen LogP) is -1.29. The molecule has 7 heteroatoms. The quantitative estimate of drug-likeness (QED) is 0.633. The summed E-state index contributed by atoms with van der Waals surface area (Å²) in [6.07, 6.45) is 2.01. The lowest BCUT2D eigenvalue weighted by Crippen LogP contribution is -2.50. The van der Waals surface area contributed by atoms with E-state index in [0.29, 0.717) is 13.1 Å². The molecule has 1 saturated heterocycles. The fourth-order valence-electron chi connectivity index (χ4n) is 2.06. The largest absolute Gasteiger partial charge is 0.381 e. The molecule has 1 rings (SSSR count). The topological polar surface area (TPSA) is 98.6 Å². The Morgan fingerprint density at radius 3 is 2.69 bits per heavy atom. The number of piperidine rings is 1. The van der Waals surface area contributed by atoms with E-state index in [-0.39, 0.29) is 17.9 Å². The van der Waals surface area contributed by atoms with E-state index in [2.05, 4.69) is 4.90 Å². The van der Waals surface area contributed by atoms with E-state index in [0.717, 1.165) is 19.4 Å². The molecule has 16 heavy (non-hydrogen) atoms. The first-order valence-electron chi connectivity index (χ1n) is 5.43. The maximum Gasteiger partial charge on any atom is 0.210 e. The Labute approximate surface area is 97.0 Å². The SMILES string of the molecule is COC1CCN(CCS(N)(=O)=O)C(CN)C1. The molecule has 96 valence electrons. The van der Waals surface area contributed by atoms with Crippen molar-refractivity contribution >= 4 is 10.0 Å². The number of nitrogens with two attached hydrogens (primary N) is 2. The fraction of sp³-hybridized carbons (Fsp3) is 1.00. The van der Waals surface area contributed by atoms with E-state index in [1.807, 2.05) is 0 Å². The summed E-state index contributed by atoms with van der Waals surface area (Å²) >= 11 is 0. The first kappa shape index (κ1) is 13.9. The smallest absolute Gasteiger partial charge is 0.210 e. The number of hydrogen-bond acceptors (Lipinski definition) is 5. The summed E-state index contributed by atoms with van der Waals surface area (Å²) in [5, 5.41) is 4.98. The summed E-state index contributed by atoms with van der Waals surface area (Å²) in [4.78, 5) is 2.08. The van der Waals surface area contributed by atoms with Crippen molar-refractivity contribution in [3.8, 4) is 0 Å². The van der Waals surface area contributed by atoms with Crippen LogP contribution in [0.25, 0.3) is 0 Å². The maximum atomic E-state index is 10.9. The van der Waals surface area contributed by atoms with Gasteiger partial charge in [0.1, 0.15) is 0 Å². The van der Waals surface area contributed by atoms with E-state index < -0.39 is 10.0 Å². The van der Waals surface area contributed by atoms with Crippen molar-refractivity contribution in [2.24, 2.45) is 10.9 Å². The van der Waals surface area contributed by atoms with Gasteiger partial charge in [0.25, 0.3) is 0 Å². The minimum atomic E-state index is -3.39. The van der Waals surface area contributed by atoms with Gasteiger partial charge in [-0.25, -0.2) is 13.6 Å². The highest BCUT2D eigenvalue weighted by Gasteiger charge is 2.27. The van der Waals surface area contributed by atoms with Gasteiger partial charge in [0.05, 0.1) is 11.9 Å². The van der Waals surface area contributed by atoms with E-state index in [1.54, 1.807) is 7.11 Å². The van der Waals surface area contributed by atoms with Crippen molar-refractivity contribution < 1.29 is 13.2 Å². The van der Waals surface area contributed by atoms with E-state index in [9.17, 15) is 8.42 Å². The monoisotopic (exact) mass is 251 g/mol. The van der Waals surface area contributed by atoms with Crippen LogP contribution in [0.5, 0.6) is 0 Å². The molecule has 4 N–H and O–H groups in total. The minimum Gasteiger partial charge on any atom is -0.381 e. The molecule has 0 radical (unpaired) electrons. The van der Waals surface area contributed by atoms with Crippen LogP contribution in [0.4, 0.5) is 0 Å². The Bertz CT molecular complexity index is 307. The van der Waals surface area contributed by atoms with E-state index in [4.69, 9.17) is 15.6 Å². The highest BCUT2D eigenvalue weighted by atomic mass is 32.2. The van der Waals surface area contributed by atoms with Crippen LogP contribution in [0, 0.1) is 0 Å². The van der Waals surface area contributed by atoms with E-state index in [1.165, 1.54) is 0 Å². The maximum absolute atomic E-state index is 10.9. The number of rotatable bonds is 5. The molecule has 0 amide bonds. The molecule has 2 unspecified atom stereocenters. The van der Waals surface area contributed by atoms with Crippen LogP contribution >= 0.6 is 0 Å². The molecule has 0 bridgehead atoms. The molecule has 6 nitrogen and oxygen atoms in total. The lowest BCUT2D eigenvalue weighted by molar-refractivity contribution is 0.0157. The average molecular weight is 251 g/mol. The Hall–Kier alpha value is -0.210. The van der Waals surface area contributed by atoms with Crippen molar-refractivity contribution in [2.45, 2.75) is 25.0 Å². The van der Waals surface area contributed by atoms with Crippen molar-refractivity contribution in [1.29, 1.82) is 0 Å². The zero-order valence-corrected chi connectivity index (χ0v) is 10.4. The minimum absolute atomic E-state index is 0.0127. The first-order valence-corrected chi connectivity index (χ1v) is 7.15. The summed E-state index contributed by atoms with van der Waals surface area (Å²) in [5.41, 5.74) is 5.67. The summed E-state index contributed by atoms with van der Waals surface area (Å²) in [6.45, 7) is 1.79. The van der Waals surface area contributed by atoms with Gasteiger partial charge in [-0.05, 0) is 12.8 Å². The highest BCUT2D eigenvalue weighted by Crippen LogP contribution is 2.18. The van der Waals surface area contributed by atoms with Crippen LogP contribution < -0.4 is 10.9 Å². The van der Waals surface area contributed by atoms with Gasteiger partial charge in [0.2, 0.25) is 10.0 Å². The average Bonchev–Trinajstić information content (AvgIpc) is 2.25. The molecule has 1 fully saturated rings. The van der Waals surface area contributed by atoms with Gasteiger partial charge in [0.15, 0.2) is 0 Å². The summed E-state index contributed by atoms with van der Waals surface area (Å²) < 4.78 is 27.1.